The SMILES string of the molecule is CCOc1ccc(/C=C/C(=O)Nc2cccc(S(=O)(=O)NC3=NCCCCC3)c2)cc1OC. The second kappa shape index (κ2) is 11.5. The molecule has 2 aromatic carbocycles. The van der Waals surface area contributed by atoms with E-state index in [0.717, 1.165) is 24.8 Å². The Hall–Kier alpha value is -3.33. The number of benzene rings is 2. The van der Waals surface area contributed by atoms with Gasteiger partial charge in [0.1, 0.15) is 5.84 Å². The molecule has 0 unspecified atom stereocenters. The third-order valence-corrected chi connectivity index (χ3v) is 6.33. The van der Waals surface area contributed by atoms with Crippen LogP contribution in [0.15, 0.2) is 58.4 Å². The molecule has 176 valence electrons. The van der Waals surface area contributed by atoms with E-state index in [1.54, 1.807) is 37.5 Å². The van der Waals surface area contributed by atoms with E-state index in [9.17, 15) is 13.2 Å². The van der Waals surface area contributed by atoms with Crippen molar-refractivity contribution in [2.45, 2.75) is 37.5 Å². The maximum atomic E-state index is 12.8. The van der Waals surface area contributed by atoms with Crippen LogP contribution in [0.3, 0.4) is 0 Å². The predicted octanol–water partition coefficient (Wildman–Crippen LogP) is 4.00. The number of carbonyl (C=O) groups is 1. The van der Waals surface area contributed by atoms with E-state index in [4.69, 9.17) is 9.47 Å². The Balaban J connectivity index is 1.67. The van der Waals surface area contributed by atoms with Crippen LogP contribution in [0.4, 0.5) is 5.69 Å². The molecule has 1 aliphatic rings. The second-order valence-electron chi connectivity index (χ2n) is 7.44. The lowest BCUT2D eigenvalue weighted by Crippen LogP contribution is -2.30. The molecule has 0 radical (unpaired) electrons. The van der Waals surface area contributed by atoms with Crippen LogP contribution in [0.1, 0.15) is 38.2 Å². The topological polar surface area (TPSA) is 106 Å². The molecule has 1 aliphatic heterocycles. The molecule has 0 aromatic heterocycles. The van der Waals surface area contributed by atoms with E-state index in [1.807, 2.05) is 13.0 Å². The number of nitrogens with zero attached hydrogens (tertiary/aromatic N) is 1. The molecule has 1 amide bonds. The zero-order valence-corrected chi connectivity index (χ0v) is 19.7. The summed E-state index contributed by atoms with van der Waals surface area (Å²) in [6.45, 7) is 3.03. The second-order valence-corrected chi connectivity index (χ2v) is 9.12. The van der Waals surface area contributed by atoms with Crippen LogP contribution < -0.4 is 19.5 Å². The number of hydrogen-bond donors (Lipinski definition) is 2. The van der Waals surface area contributed by atoms with E-state index in [1.165, 1.54) is 18.2 Å². The molecule has 9 heteroatoms. The average Bonchev–Trinajstić information content (AvgIpc) is 3.07. The molecule has 2 aromatic rings. The van der Waals surface area contributed by atoms with Crippen LogP contribution in [-0.4, -0.2) is 40.4 Å². The first kappa shape index (κ1) is 24.3. The fraction of sp³-hybridized carbons (Fsp3) is 0.333. The van der Waals surface area contributed by atoms with Gasteiger partial charge >= 0.3 is 0 Å². The smallest absolute Gasteiger partial charge is 0.262 e. The van der Waals surface area contributed by atoms with E-state index < -0.39 is 15.9 Å². The van der Waals surface area contributed by atoms with Crippen LogP contribution in [-0.2, 0) is 14.8 Å². The number of rotatable bonds is 8. The molecular formula is C24H29N3O5S. The number of nitrogens with one attached hydrogen (secondary N) is 2. The molecule has 0 saturated carbocycles. The Labute approximate surface area is 194 Å². The lowest BCUT2D eigenvalue weighted by Gasteiger charge is -2.11. The molecule has 8 nitrogen and oxygen atoms in total. The fourth-order valence-electron chi connectivity index (χ4n) is 3.33. The van der Waals surface area contributed by atoms with Gasteiger partial charge < -0.3 is 14.8 Å². The summed E-state index contributed by atoms with van der Waals surface area (Å²) in [5.41, 5.74) is 1.13. The quantitative estimate of drug-likeness (QED) is 0.566. The minimum atomic E-state index is -3.78. The van der Waals surface area contributed by atoms with Crippen molar-refractivity contribution >= 4 is 33.5 Å². The van der Waals surface area contributed by atoms with Gasteiger partial charge in [-0.15, -0.1) is 0 Å². The van der Waals surface area contributed by atoms with E-state index >= 15 is 0 Å². The van der Waals surface area contributed by atoms with Gasteiger partial charge in [-0.1, -0.05) is 18.6 Å². The predicted molar refractivity (Wildman–Crippen MR) is 129 cm³/mol. The minimum Gasteiger partial charge on any atom is -0.493 e. The van der Waals surface area contributed by atoms with Gasteiger partial charge in [0.25, 0.3) is 10.0 Å². The van der Waals surface area contributed by atoms with Gasteiger partial charge in [0.15, 0.2) is 11.5 Å². The van der Waals surface area contributed by atoms with Gasteiger partial charge in [0.05, 0.1) is 18.6 Å². The number of hydrogen-bond acceptors (Lipinski definition) is 6. The average molecular weight is 472 g/mol. The van der Waals surface area contributed by atoms with Gasteiger partial charge in [-0.2, -0.15) is 0 Å². The van der Waals surface area contributed by atoms with Crippen molar-refractivity contribution in [1.82, 2.24) is 4.72 Å². The zero-order valence-electron chi connectivity index (χ0n) is 18.8. The standard InChI is InChI=1S/C24H29N3O5S/c1-3-32-21-13-11-18(16-22(21)31-2)12-14-24(28)26-19-8-7-9-20(17-19)33(29,30)27-23-10-5-4-6-15-25-23/h7-9,11-14,16-17H,3-6,10,15H2,1-2H3,(H,25,27)(H,26,28)/b14-12+. The molecule has 0 spiro atoms. The fourth-order valence-corrected chi connectivity index (χ4v) is 4.47. The zero-order chi connectivity index (χ0) is 23.7. The molecule has 3 rings (SSSR count). The van der Waals surface area contributed by atoms with Gasteiger partial charge in [-0.25, -0.2) is 8.42 Å². The summed E-state index contributed by atoms with van der Waals surface area (Å²) in [5.74, 6) is 1.29. The Morgan fingerprint density at radius 3 is 2.76 bits per heavy atom. The Morgan fingerprint density at radius 1 is 1.12 bits per heavy atom. The number of ether oxygens (including phenoxy) is 2. The molecule has 1 heterocycles. The maximum absolute atomic E-state index is 12.8. The first-order valence-corrected chi connectivity index (χ1v) is 12.4. The summed E-state index contributed by atoms with van der Waals surface area (Å²) < 4.78 is 38.9. The van der Waals surface area contributed by atoms with Crippen molar-refractivity contribution in [3.8, 4) is 11.5 Å². The van der Waals surface area contributed by atoms with E-state index in [-0.39, 0.29) is 4.90 Å². The summed E-state index contributed by atoms with van der Waals surface area (Å²) in [6, 6.07) is 11.5. The van der Waals surface area contributed by atoms with Crippen molar-refractivity contribution < 1.29 is 22.7 Å². The van der Waals surface area contributed by atoms with Crippen LogP contribution >= 0.6 is 0 Å². The lowest BCUT2D eigenvalue weighted by molar-refractivity contribution is -0.111. The first-order chi connectivity index (χ1) is 15.9. The highest BCUT2D eigenvalue weighted by Gasteiger charge is 2.18. The summed E-state index contributed by atoms with van der Waals surface area (Å²) in [7, 11) is -2.23. The number of amides is 1. The summed E-state index contributed by atoms with van der Waals surface area (Å²) >= 11 is 0. The van der Waals surface area contributed by atoms with Gasteiger partial charge in [0.2, 0.25) is 5.91 Å². The number of amidine groups is 1. The van der Waals surface area contributed by atoms with Gasteiger partial charge in [0, 0.05) is 24.7 Å². The highest BCUT2D eigenvalue weighted by molar-refractivity contribution is 7.90. The monoisotopic (exact) mass is 471 g/mol. The summed E-state index contributed by atoms with van der Waals surface area (Å²) in [5, 5.41) is 2.69. The molecule has 33 heavy (non-hydrogen) atoms. The Morgan fingerprint density at radius 2 is 1.97 bits per heavy atom. The third-order valence-electron chi connectivity index (χ3n) is 4.95. The molecule has 0 aliphatic carbocycles. The van der Waals surface area contributed by atoms with E-state index in [0.29, 0.717) is 42.6 Å². The third kappa shape index (κ3) is 7.08. The Kier molecular flexibility index (Phi) is 8.48. The number of methoxy groups -OCH3 is 1. The summed E-state index contributed by atoms with van der Waals surface area (Å²) in [6.07, 6.45) is 6.52. The molecule has 2 N–H and O–H groups in total. The molecule has 0 atom stereocenters. The Bertz CT molecular complexity index is 1140. The van der Waals surface area contributed by atoms with Crippen molar-refractivity contribution in [3.05, 3.63) is 54.1 Å². The first-order valence-electron chi connectivity index (χ1n) is 10.9. The summed E-state index contributed by atoms with van der Waals surface area (Å²) in [4.78, 5) is 16.8. The normalized spacial score (nSPS) is 14.3. The van der Waals surface area contributed by atoms with Crippen molar-refractivity contribution in [2.75, 3.05) is 25.6 Å². The van der Waals surface area contributed by atoms with Gasteiger partial charge in [-0.3, -0.25) is 14.5 Å². The maximum Gasteiger partial charge on any atom is 0.262 e. The molecular weight excluding hydrogens is 442 g/mol. The molecule has 0 saturated heterocycles. The minimum absolute atomic E-state index is 0.0625. The van der Waals surface area contributed by atoms with Crippen LogP contribution in [0.25, 0.3) is 6.08 Å². The molecule has 0 fully saturated rings. The van der Waals surface area contributed by atoms with Crippen molar-refractivity contribution in [3.63, 3.8) is 0 Å². The van der Waals surface area contributed by atoms with Crippen LogP contribution in [0.5, 0.6) is 11.5 Å². The largest absolute Gasteiger partial charge is 0.493 e. The number of anilines is 1. The molecule has 0 bridgehead atoms. The number of carbonyl (C=O) groups excluding carboxylic acids is 1. The lowest BCUT2D eigenvalue weighted by atomic mass is 10.2. The van der Waals surface area contributed by atoms with Crippen LogP contribution in [0.2, 0.25) is 0 Å². The number of sulfonamides is 1. The van der Waals surface area contributed by atoms with Crippen molar-refractivity contribution in [1.29, 1.82) is 0 Å². The van der Waals surface area contributed by atoms with Crippen LogP contribution in [0, 0.1) is 0 Å². The van der Waals surface area contributed by atoms with E-state index in [2.05, 4.69) is 15.0 Å². The highest BCUT2D eigenvalue weighted by Crippen LogP contribution is 2.28. The number of aliphatic imine (C=N–C) groups is 1. The highest BCUT2D eigenvalue weighted by atomic mass is 32.2. The van der Waals surface area contributed by atoms with Gasteiger partial charge in [-0.05, 0) is 61.7 Å². The van der Waals surface area contributed by atoms with Crippen molar-refractivity contribution in [2.24, 2.45) is 4.99 Å².